The van der Waals surface area contributed by atoms with Gasteiger partial charge in [-0.05, 0) is 20.8 Å². The molecule has 10 heteroatoms. The van der Waals surface area contributed by atoms with Gasteiger partial charge in [-0.1, -0.05) is 0 Å². The molecule has 1 saturated heterocycles. The third-order valence-electron chi connectivity index (χ3n) is 3.54. The Kier molecular flexibility index (Phi) is 9.10. The summed E-state index contributed by atoms with van der Waals surface area (Å²) in [6, 6.07) is -0.839. The number of carbonyl (C=O) groups is 3. The molecule has 1 unspecified atom stereocenters. The fourth-order valence-electron chi connectivity index (χ4n) is 2.74. The van der Waals surface area contributed by atoms with E-state index in [9.17, 15) is 19.5 Å². The number of rotatable bonds is 8. The molecule has 1 fully saturated rings. The summed E-state index contributed by atoms with van der Waals surface area (Å²) in [6.45, 7) is 8.44. The van der Waals surface area contributed by atoms with Crippen LogP contribution in [0.2, 0.25) is 0 Å². The number of hydrogen-bond donors (Lipinski definition) is 2. The lowest BCUT2D eigenvalue weighted by atomic mass is 9.96. The molecule has 0 bridgehead atoms. The highest BCUT2D eigenvalue weighted by atomic mass is 16.7. The molecular formula is C17H29NO9. The van der Waals surface area contributed by atoms with E-state index in [-0.39, 0.29) is 12.7 Å². The largest absolute Gasteiger partial charge is 0.463 e. The Bertz CT molecular complexity index is 523. The molecule has 0 aromatic carbocycles. The maximum Gasteiger partial charge on any atom is 0.303 e. The van der Waals surface area contributed by atoms with Crippen molar-refractivity contribution in [2.45, 2.75) is 84.5 Å². The van der Waals surface area contributed by atoms with Gasteiger partial charge in [-0.15, -0.1) is 0 Å². The molecule has 0 aromatic rings. The van der Waals surface area contributed by atoms with Gasteiger partial charge in [-0.3, -0.25) is 19.7 Å². The van der Waals surface area contributed by atoms with Crippen LogP contribution in [-0.2, 0) is 38.1 Å². The molecular weight excluding hydrogens is 362 g/mol. The van der Waals surface area contributed by atoms with E-state index in [1.54, 1.807) is 13.8 Å². The Morgan fingerprint density at radius 1 is 1.00 bits per heavy atom. The quantitative estimate of drug-likeness (QED) is 0.327. The molecule has 0 saturated carbocycles. The Hall–Kier alpha value is -1.75. The van der Waals surface area contributed by atoms with Gasteiger partial charge in [0.2, 0.25) is 0 Å². The summed E-state index contributed by atoms with van der Waals surface area (Å²) in [5.41, 5.74) is 0. The van der Waals surface area contributed by atoms with Crippen molar-refractivity contribution in [3.8, 4) is 0 Å². The molecule has 10 nitrogen and oxygen atoms in total. The third-order valence-corrected chi connectivity index (χ3v) is 3.54. The SMILES string of the molecule is CC(=O)OC[C@H]1O[C@@H](OC(C)C)[C@H](NC(C)O)[C@@H](OC(C)=O)[C@H]1OC(C)=O. The van der Waals surface area contributed by atoms with Crippen molar-refractivity contribution in [1.82, 2.24) is 5.32 Å². The van der Waals surface area contributed by atoms with Gasteiger partial charge in [0.25, 0.3) is 0 Å². The van der Waals surface area contributed by atoms with Gasteiger partial charge in [0.1, 0.15) is 25.0 Å². The van der Waals surface area contributed by atoms with Gasteiger partial charge in [0.05, 0.1) is 6.10 Å². The van der Waals surface area contributed by atoms with Gasteiger partial charge in [-0.2, -0.15) is 0 Å². The van der Waals surface area contributed by atoms with Crippen molar-refractivity contribution in [2.75, 3.05) is 6.61 Å². The van der Waals surface area contributed by atoms with Crippen LogP contribution in [0.5, 0.6) is 0 Å². The Balaban J connectivity index is 3.25. The summed E-state index contributed by atoms with van der Waals surface area (Å²) in [4.78, 5) is 34.4. The summed E-state index contributed by atoms with van der Waals surface area (Å²) in [7, 11) is 0. The number of carbonyl (C=O) groups excluding carboxylic acids is 3. The molecule has 1 aliphatic heterocycles. The second kappa shape index (κ2) is 10.5. The van der Waals surface area contributed by atoms with Crippen LogP contribution >= 0.6 is 0 Å². The molecule has 0 radical (unpaired) electrons. The number of ether oxygens (including phenoxy) is 5. The Labute approximate surface area is 158 Å². The number of aliphatic hydroxyl groups is 1. The normalized spacial score (nSPS) is 29.1. The zero-order chi connectivity index (χ0) is 20.7. The lowest BCUT2D eigenvalue weighted by Crippen LogP contribution is -2.67. The first-order valence-electron chi connectivity index (χ1n) is 8.74. The topological polar surface area (TPSA) is 130 Å². The van der Waals surface area contributed by atoms with E-state index < -0.39 is 54.8 Å². The Morgan fingerprint density at radius 2 is 1.56 bits per heavy atom. The van der Waals surface area contributed by atoms with Gasteiger partial charge < -0.3 is 28.8 Å². The van der Waals surface area contributed by atoms with Crippen LogP contribution in [0.3, 0.4) is 0 Å². The molecule has 156 valence electrons. The van der Waals surface area contributed by atoms with E-state index in [0.717, 1.165) is 0 Å². The van der Waals surface area contributed by atoms with Crippen molar-refractivity contribution < 1.29 is 43.2 Å². The maximum atomic E-state index is 11.7. The van der Waals surface area contributed by atoms with E-state index in [1.807, 2.05) is 0 Å². The molecule has 0 aliphatic carbocycles. The fourth-order valence-corrected chi connectivity index (χ4v) is 2.74. The van der Waals surface area contributed by atoms with Crippen molar-refractivity contribution >= 4 is 17.9 Å². The first kappa shape index (κ1) is 23.3. The van der Waals surface area contributed by atoms with E-state index in [1.165, 1.54) is 27.7 Å². The smallest absolute Gasteiger partial charge is 0.303 e. The number of hydrogen-bond acceptors (Lipinski definition) is 10. The summed E-state index contributed by atoms with van der Waals surface area (Å²) in [5, 5.41) is 12.6. The maximum absolute atomic E-state index is 11.7. The van der Waals surface area contributed by atoms with E-state index in [0.29, 0.717) is 0 Å². The van der Waals surface area contributed by atoms with Crippen molar-refractivity contribution in [3.63, 3.8) is 0 Å². The number of aliphatic hydroxyl groups excluding tert-OH is 1. The van der Waals surface area contributed by atoms with Crippen molar-refractivity contribution in [3.05, 3.63) is 0 Å². The molecule has 1 heterocycles. The first-order chi connectivity index (χ1) is 12.5. The van der Waals surface area contributed by atoms with Crippen LogP contribution < -0.4 is 5.32 Å². The van der Waals surface area contributed by atoms with Crippen LogP contribution in [0.15, 0.2) is 0 Å². The number of nitrogens with one attached hydrogen (secondary N) is 1. The molecule has 0 amide bonds. The van der Waals surface area contributed by atoms with Crippen LogP contribution in [0.4, 0.5) is 0 Å². The van der Waals surface area contributed by atoms with Gasteiger partial charge >= 0.3 is 17.9 Å². The molecule has 2 N–H and O–H groups in total. The van der Waals surface area contributed by atoms with E-state index >= 15 is 0 Å². The fraction of sp³-hybridized carbons (Fsp3) is 0.824. The predicted octanol–water partition coefficient (Wildman–Crippen LogP) is -0.141. The second-order valence-corrected chi connectivity index (χ2v) is 6.55. The second-order valence-electron chi connectivity index (χ2n) is 6.55. The lowest BCUT2D eigenvalue weighted by Gasteiger charge is -2.46. The number of esters is 3. The zero-order valence-corrected chi connectivity index (χ0v) is 16.5. The van der Waals surface area contributed by atoms with E-state index in [2.05, 4.69) is 5.32 Å². The monoisotopic (exact) mass is 391 g/mol. The molecule has 6 atom stereocenters. The molecule has 27 heavy (non-hydrogen) atoms. The van der Waals surface area contributed by atoms with Crippen molar-refractivity contribution in [1.29, 1.82) is 0 Å². The highest BCUT2D eigenvalue weighted by Crippen LogP contribution is 2.28. The van der Waals surface area contributed by atoms with Gasteiger partial charge in [-0.25, -0.2) is 0 Å². The van der Waals surface area contributed by atoms with Crippen LogP contribution in [0.25, 0.3) is 0 Å². The highest BCUT2D eigenvalue weighted by molar-refractivity contribution is 5.68. The minimum atomic E-state index is -1.07. The molecule has 1 rings (SSSR count). The zero-order valence-electron chi connectivity index (χ0n) is 16.5. The average Bonchev–Trinajstić information content (AvgIpc) is 2.49. The summed E-state index contributed by atoms with van der Waals surface area (Å²) < 4.78 is 27.3. The lowest BCUT2D eigenvalue weighted by molar-refractivity contribution is -0.288. The summed E-state index contributed by atoms with van der Waals surface area (Å²) in [5.74, 6) is -1.80. The molecule has 1 aliphatic rings. The van der Waals surface area contributed by atoms with Crippen LogP contribution in [-0.4, -0.2) is 72.6 Å². The molecule has 0 spiro atoms. The van der Waals surface area contributed by atoms with Crippen molar-refractivity contribution in [2.24, 2.45) is 0 Å². The third kappa shape index (κ3) is 7.79. The van der Waals surface area contributed by atoms with E-state index in [4.69, 9.17) is 23.7 Å². The van der Waals surface area contributed by atoms with Gasteiger partial charge in [0.15, 0.2) is 18.5 Å². The average molecular weight is 391 g/mol. The van der Waals surface area contributed by atoms with Gasteiger partial charge in [0, 0.05) is 20.8 Å². The van der Waals surface area contributed by atoms with Crippen LogP contribution in [0, 0.1) is 0 Å². The standard InChI is InChI=1S/C17H29NO9/c1-8(2)24-17-14(18-9(3)19)16(26-12(6)22)15(25-11(5)21)13(27-17)7-23-10(4)20/h8-9,13-19H,7H2,1-6H3/t9?,13-,14-,15+,16-,17-/m1/s1. The minimum Gasteiger partial charge on any atom is -0.463 e. The van der Waals surface area contributed by atoms with Crippen LogP contribution in [0.1, 0.15) is 41.5 Å². The molecule has 0 aromatic heterocycles. The summed E-state index contributed by atoms with van der Waals surface area (Å²) in [6.07, 6.45) is -5.26. The predicted molar refractivity (Wildman–Crippen MR) is 91.2 cm³/mol. The Morgan fingerprint density at radius 3 is 2.00 bits per heavy atom. The first-order valence-corrected chi connectivity index (χ1v) is 8.74. The highest BCUT2D eigenvalue weighted by Gasteiger charge is 2.51. The minimum absolute atomic E-state index is 0.232. The summed E-state index contributed by atoms with van der Waals surface area (Å²) >= 11 is 0.